The summed E-state index contributed by atoms with van der Waals surface area (Å²) < 4.78 is 31.7. The van der Waals surface area contributed by atoms with Crippen molar-refractivity contribution < 1.29 is 33.0 Å². The Hall–Kier alpha value is -4.87. The van der Waals surface area contributed by atoms with E-state index in [1.165, 1.54) is 30.2 Å². The molecule has 3 N–H and O–H groups in total. The van der Waals surface area contributed by atoms with Gasteiger partial charge in [-0.15, -0.1) is 0 Å². The molecule has 2 aliphatic heterocycles. The lowest BCUT2D eigenvalue weighted by atomic mass is 9.99. The molecule has 42 heavy (non-hydrogen) atoms. The number of nitrogens with zero attached hydrogens (tertiary/aromatic N) is 1. The third-order valence-corrected chi connectivity index (χ3v) is 7.22. The highest BCUT2D eigenvalue weighted by Gasteiger charge is 2.36. The molecule has 12 heteroatoms. The van der Waals surface area contributed by atoms with E-state index in [2.05, 4.69) is 15.6 Å². The topological polar surface area (TPSA) is 139 Å². The van der Waals surface area contributed by atoms with E-state index in [4.69, 9.17) is 14.2 Å². The second kappa shape index (κ2) is 11.9. The molecule has 4 bridgehead atoms. The quantitative estimate of drug-likeness (QED) is 0.424. The highest BCUT2D eigenvalue weighted by atomic mass is 19.1. The lowest BCUT2D eigenvalue weighted by Crippen LogP contribution is -2.58. The van der Waals surface area contributed by atoms with Crippen LogP contribution in [0.15, 0.2) is 47.3 Å². The molecule has 3 amide bonds. The number of piperidine rings is 1. The minimum absolute atomic E-state index is 0.0328. The van der Waals surface area contributed by atoms with E-state index in [9.17, 15) is 23.6 Å². The van der Waals surface area contributed by atoms with Crippen LogP contribution < -0.4 is 30.4 Å². The van der Waals surface area contributed by atoms with Crippen LogP contribution in [0.25, 0.3) is 0 Å². The summed E-state index contributed by atoms with van der Waals surface area (Å²) in [6, 6.07) is 9.67. The number of hydrogen-bond acceptors (Lipinski definition) is 7. The van der Waals surface area contributed by atoms with E-state index < -0.39 is 41.2 Å². The monoisotopic (exact) mass is 578 g/mol. The van der Waals surface area contributed by atoms with Gasteiger partial charge in [0.15, 0.2) is 18.1 Å². The summed E-state index contributed by atoms with van der Waals surface area (Å²) in [6.45, 7) is 3.39. The van der Waals surface area contributed by atoms with Crippen molar-refractivity contribution in [3.8, 4) is 17.2 Å². The number of H-pyrrole nitrogens is 1. The van der Waals surface area contributed by atoms with Crippen LogP contribution in [-0.2, 0) is 11.3 Å². The molecule has 3 heterocycles. The number of nitrogens with one attached hydrogen (secondary N) is 3. The number of carbonyl (C=O) groups is 3. The van der Waals surface area contributed by atoms with E-state index in [0.717, 1.165) is 0 Å². The molecular formula is C30H31FN4O7. The van der Waals surface area contributed by atoms with Gasteiger partial charge in [0.1, 0.15) is 23.2 Å². The summed E-state index contributed by atoms with van der Waals surface area (Å²) in [4.78, 5) is 56.2. The smallest absolute Gasteiger partial charge is 0.261 e. The van der Waals surface area contributed by atoms with E-state index in [1.807, 2.05) is 0 Å². The Bertz CT molecular complexity index is 1600. The number of pyridine rings is 1. The van der Waals surface area contributed by atoms with Crippen LogP contribution in [0.5, 0.6) is 17.2 Å². The number of halogens is 1. The van der Waals surface area contributed by atoms with Gasteiger partial charge in [-0.3, -0.25) is 19.2 Å². The van der Waals surface area contributed by atoms with Gasteiger partial charge >= 0.3 is 0 Å². The molecule has 220 valence electrons. The van der Waals surface area contributed by atoms with Crippen LogP contribution >= 0.6 is 0 Å². The Morgan fingerprint density at radius 2 is 1.90 bits per heavy atom. The zero-order valence-electron chi connectivity index (χ0n) is 23.4. The fourth-order valence-corrected chi connectivity index (χ4v) is 5.22. The Morgan fingerprint density at radius 1 is 1.10 bits per heavy atom. The number of hydrogen-bond donors (Lipinski definition) is 3. The van der Waals surface area contributed by atoms with Crippen LogP contribution in [0.3, 0.4) is 0 Å². The predicted molar refractivity (Wildman–Crippen MR) is 149 cm³/mol. The lowest BCUT2D eigenvalue weighted by Gasteiger charge is -2.39. The highest BCUT2D eigenvalue weighted by Crippen LogP contribution is 2.29. The van der Waals surface area contributed by atoms with Gasteiger partial charge in [0, 0.05) is 43.4 Å². The number of fused-ring (bicyclic) bond motifs is 5. The van der Waals surface area contributed by atoms with E-state index in [1.54, 1.807) is 38.1 Å². The number of amides is 3. The average Bonchev–Trinajstić information content (AvgIpc) is 2.94. The minimum atomic E-state index is -0.717. The van der Waals surface area contributed by atoms with Crippen molar-refractivity contribution >= 4 is 17.7 Å². The molecule has 2 aromatic carbocycles. The second-order valence-corrected chi connectivity index (χ2v) is 10.3. The van der Waals surface area contributed by atoms with Crippen molar-refractivity contribution in [1.82, 2.24) is 20.5 Å². The molecule has 2 aliphatic rings. The molecule has 1 fully saturated rings. The second-order valence-electron chi connectivity index (χ2n) is 10.3. The summed E-state index contributed by atoms with van der Waals surface area (Å²) in [5.74, 6) is -1.24. The van der Waals surface area contributed by atoms with Crippen molar-refractivity contribution in [3.05, 3.63) is 86.6 Å². The normalized spacial score (nSPS) is 19.0. The maximum absolute atomic E-state index is 14.5. The van der Waals surface area contributed by atoms with Crippen molar-refractivity contribution in [2.24, 2.45) is 0 Å². The molecule has 0 unspecified atom stereocenters. The SMILES string of the molecule is COc1ccc2cc1OCC(=O)NCc1cc(F)cc(c1)O[C@@H]1CCN(C(=O)c3c(C)cc(C)[nH]c3=O)C[C@@H]1NC2=O. The van der Waals surface area contributed by atoms with Crippen LogP contribution in [-0.4, -0.2) is 66.6 Å². The molecule has 1 aromatic heterocycles. The van der Waals surface area contributed by atoms with Crippen LogP contribution in [0.2, 0.25) is 0 Å². The van der Waals surface area contributed by atoms with Gasteiger partial charge in [0.05, 0.1) is 13.2 Å². The number of benzene rings is 2. The molecule has 2 atom stereocenters. The van der Waals surface area contributed by atoms with Crippen molar-refractivity contribution in [3.63, 3.8) is 0 Å². The third-order valence-electron chi connectivity index (χ3n) is 7.22. The van der Waals surface area contributed by atoms with Gasteiger partial charge in [-0.1, -0.05) is 0 Å². The van der Waals surface area contributed by atoms with E-state index in [0.29, 0.717) is 29.0 Å². The molecule has 5 rings (SSSR count). The van der Waals surface area contributed by atoms with Gasteiger partial charge in [-0.05, 0) is 61.4 Å². The Balaban J connectivity index is 1.49. The molecule has 0 aliphatic carbocycles. The van der Waals surface area contributed by atoms with Gasteiger partial charge in [0.2, 0.25) is 0 Å². The van der Waals surface area contributed by atoms with E-state index >= 15 is 0 Å². The third kappa shape index (κ3) is 6.22. The Kier molecular flexibility index (Phi) is 8.14. The van der Waals surface area contributed by atoms with Gasteiger partial charge < -0.3 is 34.7 Å². The summed E-state index contributed by atoms with van der Waals surface area (Å²) in [6.07, 6.45) is -0.347. The number of ether oxygens (including phenoxy) is 3. The summed E-state index contributed by atoms with van der Waals surface area (Å²) in [5, 5.41) is 5.62. The first-order valence-electron chi connectivity index (χ1n) is 13.5. The minimum Gasteiger partial charge on any atom is -0.493 e. The molecule has 11 nitrogen and oxygen atoms in total. The van der Waals surface area contributed by atoms with E-state index in [-0.39, 0.29) is 48.9 Å². The number of rotatable bonds is 2. The van der Waals surface area contributed by atoms with Gasteiger partial charge in [-0.25, -0.2) is 4.39 Å². The van der Waals surface area contributed by atoms with Crippen LogP contribution in [0.4, 0.5) is 4.39 Å². The zero-order chi connectivity index (χ0) is 30.0. The van der Waals surface area contributed by atoms with Crippen molar-refractivity contribution in [2.75, 3.05) is 26.8 Å². The number of aryl methyl sites for hydroxylation is 2. The number of carbonyl (C=O) groups excluding carboxylic acids is 3. The number of likely N-dealkylation sites (tertiary alicyclic amines) is 1. The number of aromatic nitrogens is 1. The Morgan fingerprint density at radius 3 is 2.67 bits per heavy atom. The van der Waals surface area contributed by atoms with Gasteiger partial charge in [-0.2, -0.15) is 0 Å². The number of methoxy groups -OCH3 is 1. The van der Waals surface area contributed by atoms with Crippen molar-refractivity contribution in [2.45, 2.75) is 39.0 Å². The van der Waals surface area contributed by atoms with Crippen molar-refractivity contribution in [1.29, 1.82) is 0 Å². The van der Waals surface area contributed by atoms with Crippen LogP contribution in [0, 0.1) is 19.7 Å². The number of aromatic amines is 1. The van der Waals surface area contributed by atoms with Gasteiger partial charge in [0.25, 0.3) is 23.3 Å². The lowest BCUT2D eigenvalue weighted by molar-refractivity contribution is -0.123. The summed E-state index contributed by atoms with van der Waals surface area (Å²) >= 11 is 0. The summed E-state index contributed by atoms with van der Waals surface area (Å²) in [7, 11) is 1.44. The largest absolute Gasteiger partial charge is 0.493 e. The molecule has 0 spiro atoms. The molecule has 3 aromatic rings. The average molecular weight is 579 g/mol. The predicted octanol–water partition coefficient (Wildman–Crippen LogP) is 2.24. The first kappa shape index (κ1) is 28.7. The maximum Gasteiger partial charge on any atom is 0.261 e. The maximum atomic E-state index is 14.5. The first-order valence-corrected chi connectivity index (χ1v) is 13.5. The first-order chi connectivity index (χ1) is 20.1. The molecule has 0 radical (unpaired) electrons. The molecule has 0 saturated carbocycles. The molecular weight excluding hydrogens is 547 g/mol. The fourth-order valence-electron chi connectivity index (χ4n) is 5.22. The zero-order valence-corrected chi connectivity index (χ0v) is 23.4. The highest BCUT2D eigenvalue weighted by molar-refractivity contribution is 5.96. The fraction of sp³-hybridized carbons (Fsp3) is 0.333. The van der Waals surface area contributed by atoms with Crippen LogP contribution in [0.1, 0.15) is 44.0 Å². The standard InChI is InChI=1S/C30H31FN4O7/c1-16-8-17(2)33-29(38)27(16)30(39)35-7-6-23-22(14-35)34-28(37)19-4-5-24(40-3)25(11-19)41-15-26(36)32-13-18-9-20(31)12-21(10-18)42-23/h4-5,8-12,22-23H,6-7,13-15H2,1-3H3,(H,32,36)(H,33,38)(H,34,37)/t22-,23+/m0/s1. The molecule has 1 saturated heterocycles. The Labute approximate surface area is 241 Å². The summed E-state index contributed by atoms with van der Waals surface area (Å²) in [5.41, 5.74) is 1.43.